The van der Waals surface area contributed by atoms with E-state index in [1.54, 1.807) is 0 Å². The monoisotopic (exact) mass is 325 g/mol. The third-order valence-electron chi connectivity index (χ3n) is 3.41. The fourth-order valence-corrected chi connectivity index (χ4v) is 2.69. The number of ether oxygens (including phenoxy) is 1. The molecule has 3 rings (SSSR count). The highest BCUT2D eigenvalue weighted by molar-refractivity contribution is 7.71. The van der Waals surface area contributed by atoms with Crippen molar-refractivity contribution < 1.29 is 4.74 Å². The number of hydrogen-bond acceptors (Lipinski definition) is 3. The number of aromatic nitrogens is 3. The van der Waals surface area contributed by atoms with Gasteiger partial charge in [-0.15, -0.1) is 0 Å². The zero-order valence-electron chi connectivity index (χ0n) is 13.2. The summed E-state index contributed by atoms with van der Waals surface area (Å²) in [6.07, 6.45) is 0.875. The molecule has 0 saturated carbocycles. The van der Waals surface area contributed by atoms with Crippen LogP contribution in [0.4, 0.5) is 0 Å². The molecular weight excluding hydrogens is 306 g/mol. The number of nitrogens with zero attached hydrogens (tertiary/aromatic N) is 2. The average Bonchev–Trinajstić information content (AvgIpc) is 2.90. The maximum atomic E-state index is 5.67. The van der Waals surface area contributed by atoms with Crippen molar-refractivity contribution in [2.75, 3.05) is 0 Å². The lowest BCUT2D eigenvalue weighted by molar-refractivity contribution is 0.242. The van der Waals surface area contributed by atoms with E-state index in [4.69, 9.17) is 17.0 Å². The molecule has 0 radical (unpaired) electrons. The first-order chi connectivity index (χ1) is 11.1. The van der Waals surface area contributed by atoms with Crippen molar-refractivity contribution in [3.63, 3.8) is 0 Å². The molecular formula is C18H19N3OS. The van der Waals surface area contributed by atoms with E-state index >= 15 is 0 Å². The highest BCUT2D eigenvalue weighted by atomic mass is 32.1. The Hall–Kier alpha value is -2.40. The minimum absolute atomic E-state index is 0.176. The normalized spacial score (nSPS) is 10.9. The van der Waals surface area contributed by atoms with Crippen LogP contribution in [0.3, 0.4) is 0 Å². The third kappa shape index (κ3) is 3.68. The van der Waals surface area contributed by atoms with Gasteiger partial charge in [-0.1, -0.05) is 30.3 Å². The Balaban J connectivity index is 1.85. The molecule has 0 bridgehead atoms. The molecule has 5 heteroatoms. The van der Waals surface area contributed by atoms with Crippen molar-refractivity contribution in [3.05, 3.63) is 70.8 Å². The van der Waals surface area contributed by atoms with Gasteiger partial charge in [0.2, 0.25) is 0 Å². The third-order valence-corrected chi connectivity index (χ3v) is 3.69. The van der Waals surface area contributed by atoms with Crippen LogP contribution in [0.15, 0.2) is 54.6 Å². The molecule has 1 heterocycles. The molecule has 23 heavy (non-hydrogen) atoms. The number of aromatic amines is 1. The van der Waals surface area contributed by atoms with Crippen molar-refractivity contribution in [2.45, 2.75) is 26.4 Å². The maximum absolute atomic E-state index is 5.67. The fourth-order valence-electron chi connectivity index (χ4n) is 2.43. The van der Waals surface area contributed by atoms with Crippen LogP contribution in [0, 0.1) is 4.77 Å². The Bertz CT molecular complexity index is 819. The molecule has 2 aromatic carbocycles. The molecule has 4 nitrogen and oxygen atoms in total. The SMILES string of the molecule is CC(C)Oc1ccc(Cc2n[nH]c(=S)n2-c2ccccc2)cc1. The van der Waals surface area contributed by atoms with Gasteiger partial charge >= 0.3 is 0 Å². The summed E-state index contributed by atoms with van der Waals surface area (Å²) < 4.78 is 8.24. The standard InChI is InChI=1S/C18H19N3OS/c1-13(2)22-16-10-8-14(9-11-16)12-17-19-20-18(23)21(17)15-6-4-3-5-7-15/h3-11,13H,12H2,1-2H3,(H,20,23). The summed E-state index contributed by atoms with van der Waals surface area (Å²) in [7, 11) is 0. The van der Waals surface area contributed by atoms with E-state index in [9.17, 15) is 0 Å². The maximum Gasteiger partial charge on any atom is 0.199 e. The number of hydrogen-bond donors (Lipinski definition) is 1. The van der Waals surface area contributed by atoms with Gasteiger partial charge in [0.25, 0.3) is 0 Å². The van der Waals surface area contributed by atoms with Crippen molar-refractivity contribution in [2.24, 2.45) is 0 Å². The van der Waals surface area contributed by atoms with Gasteiger partial charge < -0.3 is 4.74 Å². The topological polar surface area (TPSA) is 42.8 Å². The van der Waals surface area contributed by atoms with Crippen LogP contribution in [-0.2, 0) is 6.42 Å². The fraction of sp³-hybridized carbons (Fsp3) is 0.222. The summed E-state index contributed by atoms with van der Waals surface area (Å²) in [4.78, 5) is 0. The first-order valence-corrected chi connectivity index (χ1v) is 8.01. The second-order valence-corrected chi connectivity index (χ2v) is 5.99. The second kappa shape index (κ2) is 6.79. The lowest BCUT2D eigenvalue weighted by Crippen LogP contribution is -2.05. The van der Waals surface area contributed by atoms with E-state index in [-0.39, 0.29) is 6.10 Å². The van der Waals surface area contributed by atoms with Crippen molar-refractivity contribution in [3.8, 4) is 11.4 Å². The Kier molecular flexibility index (Phi) is 4.57. The summed E-state index contributed by atoms with van der Waals surface area (Å²) in [6, 6.07) is 18.1. The number of para-hydroxylation sites is 1. The first kappa shape index (κ1) is 15.5. The minimum atomic E-state index is 0.176. The minimum Gasteiger partial charge on any atom is -0.491 e. The van der Waals surface area contributed by atoms with Gasteiger partial charge in [0.05, 0.1) is 6.10 Å². The molecule has 0 aliphatic heterocycles. The smallest absolute Gasteiger partial charge is 0.199 e. The summed E-state index contributed by atoms with van der Waals surface area (Å²) in [5.41, 5.74) is 2.17. The molecule has 1 aromatic heterocycles. The molecule has 0 saturated heterocycles. The molecule has 0 aliphatic carbocycles. The van der Waals surface area contributed by atoms with Gasteiger partial charge in [-0.3, -0.25) is 9.67 Å². The van der Waals surface area contributed by atoms with Gasteiger partial charge in [-0.25, -0.2) is 0 Å². The van der Waals surface area contributed by atoms with Gasteiger partial charge in [0.1, 0.15) is 11.6 Å². The largest absolute Gasteiger partial charge is 0.491 e. The quantitative estimate of drug-likeness (QED) is 0.711. The number of nitrogens with one attached hydrogen (secondary N) is 1. The Morgan fingerprint density at radius 3 is 2.43 bits per heavy atom. The predicted molar refractivity (Wildman–Crippen MR) is 93.8 cm³/mol. The van der Waals surface area contributed by atoms with Crippen LogP contribution >= 0.6 is 12.2 Å². The molecule has 0 amide bonds. The molecule has 0 aliphatic rings. The van der Waals surface area contributed by atoms with E-state index in [2.05, 4.69) is 22.3 Å². The van der Waals surface area contributed by atoms with Crippen LogP contribution in [0.2, 0.25) is 0 Å². The zero-order chi connectivity index (χ0) is 16.2. The molecule has 1 N–H and O–H groups in total. The van der Waals surface area contributed by atoms with E-state index in [0.29, 0.717) is 11.2 Å². The lowest BCUT2D eigenvalue weighted by atomic mass is 10.1. The summed E-state index contributed by atoms with van der Waals surface area (Å²) in [6.45, 7) is 4.04. The molecule has 0 atom stereocenters. The van der Waals surface area contributed by atoms with Crippen LogP contribution in [0.5, 0.6) is 5.75 Å². The highest BCUT2D eigenvalue weighted by Gasteiger charge is 2.09. The van der Waals surface area contributed by atoms with Crippen LogP contribution in [0.1, 0.15) is 25.2 Å². The number of rotatable bonds is 5. The van der Waals surface area contributed by atoms with E-state index in [1.807, 2.05) is 60.9 Å². The van der Waals surface area contributed by atoms with E-state index < -0.39 is 0 Å². The van der Waals surface area contributed by atoms with Crippen LogP contribution in [0.25, 0.3) is 5.69 Å². The second-order valence-electron chi connectivity index (χ2n) is 5.60. The molecule has 0 spiro atoms. The van der Waals surface area contributed by atoms with Gasteiger partial charge in [-0.2, -0.15) is 5.10 Å². The lowest BCUT2D eigenvalue weighted by Gasteiger charge is -2.10. The molecule has 0 unspecified atom stereocenters. The molecule has 118 valence electrons. The van der Waals surface area contributed by atoms with Gasteiger partial charge in [-0.05, 0) is 55.9 Å². The highest BCUT2D eigenvalue weighted by Crippen LogP contribution is 2.18. The van der Waals surface area contributed by atoms with Crippen LogP contribution in [-0.4, -0.2) is 20.9 Å². The van der Waals surface area contributed by atoms with E-state index in [0.717, 1.165) is 22.8 Å². The number of H-pyrrole nitrogens is 1. The van der Waals surface area contributed by atoms with Gasteiger partial charge in [0.15, 0.2) is 4.77 Å². The van der Waals surface area contributed by atoms with Crippen molar-refractivity contribution in [1.29, 1.82) is 0 Å². The van der Waals surface area contributed by atoms with Crippen LogP contribution < -0.4 is 4.74 Å². The van der Waals surface area contributed by atoms with Crippen molar-refractivity contribution in [1.82, 2.24) is 14.8 Å². The summed E-state index contributed by atoms with van der Waals surface area (Å²) >= 11 is 5.36. The first-order valence-electron chi connectivity index (χ1n) is 7.61. The summed E-state index contributed by atoms with van der Waals surface area (Å²) in [5.74, 6) is 1.77. The Morgan fingerprint density at radius 1 is 1.09 bits per heavy atom. The molecule has 3 aromatic rings. The average molecular weight is 325 g/mol. The molecule has 0 fully saturated rings. The van der Waals surface area contributed by atoms with Gasteiger partial charge in [0, 0.05) is 12.1 Å². The Labute approximate surface area is 140 Å². The number of benzene rings is 2. The zero-order valence-corrected chi connectivity index (χ0v) is 14.0. The predicted octanol–water partition coefficient (Wildman–Crippen LogP) is 4.31. The van der Waals surface area contributed by atoms with Crippen molar-refractivity contribution >= 4 is 12.2 Å². The summed E-state index contributed by atoms with van der Waals surface area (Å²) in [5, 5.41) is 7.26. The van der Waals surface area contributed by atoms with E-state index in [1.165, 1.54) is 0 Å². The Morgan fingerprint density at radius 2 is 1.78 bits per heavy atom.